The van der Waals surface area contributed by atoms with Crippen molar-refractivity contribution in [3.05, 3.63) is 0 Å². The minimum atomic E-state index is -0.855. The molecule has 2 rings (SSSR count). The van der Waals surface area contributed by atoms with Gasteiger partial charge >= 0.3 is 5.97 Å². The molecule has 2 saturated heterocycles. The van der Waals surface area contributed by atoms with Crippen molar-refractivity contribution in [2.24, 2.45) is 0 Å². The highest BCUT2D eigenvalue weighted by molar-refractivity contribution is 5.73. The highest BCUT2D eigenvalue weighted by Gasteiger charge is 2.32. The molecule has 1 amide bonds. The summed E-state index contributed by atoms with van der Waals surface area (Å²) >= 11 is 0. The zero-order valence-corrected chi connectivity index (χ0v) is 11.3. The van der Waals surface area contributed by atoms with Crippen LogP contribution in [0.15, 0.2) is 0 Å². The lowest BCUT2D eigenvalue weighted by molar-refractivity contribution is -0.149. The Balaban J connectivity index is 1.69. The van der Waals surface area contributed by atoms with Crippen LogP contribution in [0.25, 0.3) is 0 Å². The van der Waals surface area contributed by atoms with Crippen molar-refractivity contribution in [3.63, 3.8) is 0 Å². The molecule has 108 valence electrons. The molecule has 0 aliphatic carbocycles. The number of rotatable bonds is 4. The van der Waals surface area contributed by atoms with E-state index in [1.807, 2.05) is 0 Å². The van der Waals surface area contributed by atoms with Gasteiger partial charge in [0.05, 0.1) is 6.10 Å². The molecule has 2 unspecified atom stereocenters. The maximum absolute atomic E-state index is 11.0. The van der Waals surface area contributed by atoms with E-state index < -0.39 is 12.1 Å². The lowest BCUT2D eigenvalue weighted by atomic mass is 10.0. The topological polar surface area (TPSA) is 78.9 Å². The second-order valence-corrected chi connectivity index (χ2v) is 5.44. The molecular formula is C13H22N2O4. The van der Waals surface area contributed by atoms with E-state index >= 15 is 0 Å². The van der Waals surface area contributed by atoms with Crippen LogP contribution in [0.3, 0.4) is 0 Å². The minimum Gasteiger partial charge on any atom is -0.479 e. The van der Waals surface area contributed by atoms with E-state index in [1.54, 1.807) is 6.92 Å². The fraction of sp³-hybridized carbons (Fsp3) is 0.846. The Morgan fingerprint density at radius 3 is 2.47 bits per heavy atom. The SMILES string of the molecule is CC(=O)NC1CCN(CC2CCC(C(=O)O)O2)CC1. The average molecular weight is 270 g/mol. The van der Waals surface area contributed by atoms with Crippen molar-refractivity contribution < 1.29 is 19.4 Å². The zero-order valence-electron chi connectivity index (χ0n) is 11.3. The van der Waals surface area contributed by atoms with Gasteiger partial charge in [0.2, 0.25) is 5.91 Å². The first kappa shape index (κ1) is 14.3. The molecule has 2 fully saturated rings. The minimum absolute atomic E-state index is 0.0295. The smallest absolute Gasteiger partial charge is 0.332 e. The number of ether oxygens (including phenoxy) is 1. The van der Waals surface area contributed by atoms with Crippen molar-refractivity contribution in [2.75, 3.05) is 19.6 Å². The third kappa shape index (κ3) is 4.18. The number of carbonyl (C=O) groups is 2. The molecule has 2 heterocycles. The van der Waals surface area contributed by atoms with E-state index in [-0.39, 0.29) is 18.1 Å². The van der Waals surface area contributed by atoms with Crippen molar-refractivity contribution in [2.45, 2.75) is 50.9 Å². The van der Waals surface area contributed by atoms with Gasteiger partial charge in [0, 0.05) is 32.6 Å². The van der Waals surface area contributed by atoms with Crippen LogP contribution in [0.2, 0.25) is 0 Å². The summed E-state index contributed by atoms with van der Waals surface area (Å²) < 4.78 is 5.51. The third-order valence-corrected chi connectivity index (χ3v) is 3.84. The second kappa shape index (κ2) is 6.34. The first-order valence-corrected chi connectivity index (χ1v) is 6.92. The number of hydrogen-bond acceptors (Lipinski definition) is 4. The molecule has 0 saturated carbocycles. The highest BCUT2D eigenvalue weighted by Crippen LogP contribution is 2.22. The lowest BCUT2D eigenvalue weighted by Crippen LogP contribution is -2.46. The summed E-state index contributed by atoms with van der Waals surface area (Å²) in [4.78, 5) is 24.1. The molecule has 0 spiro atoms. The van der Waals surface area contributed by atoms with Crippen molar-refractivity contribution in [1.82, 2.24) is 10.2 Å². The van der Waals surface area contributed by atoms with Crippen molar-refractivity contribution in [3.8, 4) is 0 Å². The normalized spacial score (nSPS) is 29.3. The van der Waals surface area contributed by atoms with E-state index in [9.17, 15) is 9.59 Å². The fourth-order valence-electron chi connectivity index (χ4n) is 2.86. The maximum atomic E-state index is 11.0. The van der Waals surface area contributed by atoms with Crippen LogP contribution in [-0.4, -0.2) is 59.8 Å². The molecule has 2 aliphatic heterocycles. The molecule has 0 radical (unpaired) electrons. The molecule has 2 N–H and O–H groups in total. The van der Waals surface area contributed by atoms with E-state index in [0.29, 0.717) is 6.42 Å². The van der Waals surface area contributed by atoms with E-state index in [0.717, 1.165) is 38.9 Å². The summed E-state index contributed by atoms with van der Waals surface area (Å²) in [5.74, 6) is -0.825. The Morgan fingerprint density at radius 2 is 1.95 bits per heavy atom. The Bertz CT molecular complexity index is 340. The van der Waals surface area contributed by atoms with Crippen LogP contribution >= 0.6 is 0 Å². The third-order valence-electron chi connectivity index (χ3n) is 3.84. The molecule has 0 aromatic carbocycles. The fourth-order valence-corrected chi connectivity index (χ4v) is 2.86. The number of amides is 1. The van der Waals surface area contributed by atoms with Crippen LogP contribution < -0.4 is 5.32 Å². The van der Waals surface area contributed by atoms with Gasteiger partial charge in [-0.25, -0.2) is 4.79 Å². The molecule has 2 aliphatic rings. The number of nitrogens with zero attached hydrogens (tertiary/aromatic N) is 1. The number of likely N-dealkylation sites (tertiary alicyclic amines) is 1. The predicted octanol–water partition coefficient (Wildman–Crippen LogP) is 0.219. The van der Waals surface area contributed by atoms with Gasteiger partial charge < -0.3 is 20.1 Å². The predicted molar refractivity (Wildman–Crippen MR) is 68.8 cm³/mol. The average Bonchev–Trinajstić information content (AvgIpc) is 2.80. The largest absolute Gasteiger partial charge is 0.479 e. The van der Waals surface area contributed by atoms with Crippen LogP contribution in [0.1, 0.15) is 32.6 Å². The summed E-state index contributed by atoms with van der Waals surface area (Å²) in [6.45, 7) is 4.21. The van der Waals surface area contributed by atoms with E-state index in [2.05, 4.69) is 10.2 Å². The Labute approximate surface area is 113 Å². The zero-order chi connectivity index (χ0) is 13.8. The van der Waals surface area contributed by atoms with Gasteiger partial charge in [-0.3, -0.25) is 4.79 Å². The molecule has 19 heavy (non-hydrogen) atoms. The van der Waals surface area contributed by atoms with E-state index in [4.69, 9.17) is 9.84 Å². The van der Waals surface area contributed by atoms with Gasteiger partial charge in [0.1, 0.15) is 0 Å². The summed E-state index contributed by atoms with van der Waals surface area (Å²) in [6.07, 6.45) is 2.76. The molecule has 0 aromatic rings. The van der Waals surface area contributed by atoms with Crippen molar-refractivity contribution in [1.29, 1.82) is 0 Å². The van der Waals surface area contributed by atoms with Gasteiger partial charge in [-0.05, 0) is 25.7 Å². The van der Waals surface area contributed by atoms with Crippen LogP contribution in [0, 0.1) is 0 Å². The summed E-state index contributed by atoms with van der Waals surface area (Å²) in [5.41, 5.74) is 0. The molecular weight excluding hydrogens is 248 g/mol. The maximum Gasteiger partial charge on any atom is 0.332 e. The van der Waals surface area contributed by atoms with Gasteiger partial charge in [-0.2, -0.15) is 0 Å². The van der Waals surface area contributed by atoms with E-state index in [1.165, 1.54) is 0 Å². The summed E-state index contributed by atoms with van der Waals surface area (Å²) in [5, 5.41) is 11.8. The number of carboxylic acids is 1. The molecule has 0 aromatic heterocycles. The molecule has 6 heteroatoms. The molecule has 0 bridgehead atoms. The first-order valence-electron chi connectivity index (χ1n) is 6.92. The quantitative estimate of drug-likeness (QED) is 0.764. The number of aliphatic carboxylic acids is 1. The number of carboxylic acid groups (broad SMARTS) is 1. The lowest BCUT2D eigenvalue weighted by Gasteiger charge is -2.33. The van der Waals surface area contributed by atoms with Gasteiger partial charge in [0.25, 0.3) is 0 Å². The van der Waals surface area contributed by atoms with Crippen molar-refractivity contribution >= 4 is 11.9 Å². The number of piperidine rings is 1. The number of nitrogens with one attached hydrogen (secondary N) is 1. The standard InChI is InChI=1S/C13H22N2O4/c1-9(16)14-10-4-6-15(7-5-10)8-11-2-3-12(19-11)13(17)18/h10-12H,2-8H2,1H3,(H,14,16)(H,17,18). The summed E-state index contributed by atoms with van der Waals surface area (Å²) in [7, 11) is 0. The first-order chi connectivity index (χ1) is 9.04. The molecule has 6 nitrogen and oxygen atoms in total. The second-order valence-electron chi connectivity index (χ2n) is 5.44. The number of carbonyl (C=O) groups excluding carboxylic acids is 1. The monoisotopic (exact) mass is 270 g/mol. The van der Waals surface area contributed by atoms with Gasteiger partial charge in [0.15, 0.2) is 6.10 Å². The Kier molecular flexibility index (Phi) is 4.76. The Hall–Kier alpha value is -1.14. The van der Waals surface area contributed by atoms with Crippen LogP contribution in [0.5, 0.6) is 0 Å². The Morgan fingerprint density at radius 1 is 1.26 bits per heavy atom. The number of hydrogen-bond donors (Lipinski definition) is 2. The van der Waals surface area contributed by atoms with Gasteiger partial charge in [-0.1, -0.05) is 0 Å². The highest BCUT2D eigenvalue weighted by atomic mass is 16.5. The molecule has 2 atom stereocenters. The van der Waals surface area contributed by atoms with Gasteiger partial charge in [-0.15, -0.1) is 0 Å². The van der Waals surface area contributed by atoms with Crippen LogP contribution in [0.4, 0.5) is 0 Å². The van der Waals surface area contributed by atoms with Crippen LogP contribution in [-0.2, 0) is 14.3 Å². The summed E-state index contributed by atoms with van der Waals surface area (Å²) in [6, 6.07) is 0.282.